The lowest BCUT2D eigenvalue weighted by molar-refractivity contribution is 0.315. The molecule has 1 atom stereocenters. The van der Waals surface area contributed by atoms with E-state index >= 15 is 4.39 Å². The van der Waals surface area contributed by atoms with Crippen molar-refractivity contribution in [2.45, 2.75) is 24.4 Å². The van der Waals surface area contributed by atoms with E-state index in [1.807, 2.05) is 6.07 Å². The summed E-state index contributed by atoms with van der Waals surface area (Å²) < 4.78 is 51.5. The summed E-state index contributed by atoms with van der Waals surface area (Å²) in [7, 11) is 1.33. The first-order valence-electron chi connectivity index (χ1n) is 11.8. The molecule has 0 fully saturated rings. The van der Waals surface area contributed by atoms with Crippen molar-refractivity contribution in [3.63, 3.8) is 0 Å². The molecular weight excluding hydrogens is 513 g/mol. The zero-order valence-corrected chi connectivity index (χ0v) is 21.4. The zero-order chi connectivity index (χ0) is 27.0. The van der Waals surface area contributed by atoms with Gasteiger partial charge in [-0.25, -0.2) is 13.2 Å². The second kappa shape index (κ2) is 10.4. The van der Waals surface area contributed by atoms with Gasteiger partial charge >= 0.3 is 0 Å². The smallest absolute Gasteiger partial charge is 0.260 e. The van der Waals surface area contributed by atoms with Gasteiger partial charge in [0, 0.05) is 28.9 Å². The van der Waals surface area contributed by atoms with E-state index in [0.29, 0.717) is 27.5 Å². The number of halogens is 3. The highest BCUT2D eigenvalue weighted by molar-refractivity contribution is 7.99. The van der Waals surface area contributed by atoms with E-state index in [4.69, 9.17) is 4.74 Å². The van der Waals surface area contributed by atoms with Gasteiger partial charge in [-0.05, 0) is 36.2 Å². The minimum absolute atomic E-state index is 0.00949. The van der Waals surface area contributed by atoms with Gasteiger partial charge in [-0.2, -0.15) is 0 Å². The summed E-state index contributed by atoms with van der Waals surface area (Å²) in [6, 6.07) is 16.3. The Morgan fingerprint density at radius 1 is 1.03 bits per heavy atom. The van der Waals surface area contributed by atoms with Crippen molar-refractivity contribution in [2.24, 2.45) is 5.16 Å². The van der Waals surface area contributed by atoms with Crippen LogP contribution in [0.4, 0.5) is 13.2 Å². The first kappa shape index (κ1) is 25.7. The Hall–Kier alpha value is -3.98. The van der Waals surface area contributed by atoms with Crippen LogP contribution in [0.5, 0.6) is 5.75 Å². The van der Waals surface area contributed by atoms with Gasteiger partial charge in [0.15, 0.2) is 11.6 Å². The Kier molecular flexibility index (Phi) is 7.03. The Bertz CT molecular complexity index is 1600. The summed E-state index contributed by atoms with van der Waals surface area (Å²) in [4.78, 5) is 14.1. The summed E-state index contributed by atoms with van der Waals surface area (Å²) >= 11 is 1.32. The van der Waals surface area contributed by atoms with Crippen LogP contribution in [0, 0.1) is 24.4 Å². The normalized spacial score (nSPS) is 15.0. The van der Waals surface area contributed by atoms with Gasteiger partial charge in [0.05, 0.1) is 23.7 Å². The van der Waals surface area contributed by atoms with E-state index in [0.717, 1.165) is 0 Å². The standard InChI is InChI=1S/C29H23F3N2O3S/c1-16-19(14-20-21(30)11-7-12-22(20)31)29-34(23(15-38-29)27(33-36)17-8-4-3-5-9-17)28(35)25(16)18-10-6-13-24(37-2)26(18)32/h3-13,23,36H,14-15H2,1-2H3/b33-27+. The van der Waals surface area contributed by atoms with Crippen molar-refractivity contribution in [3.05, 3.63) is 117 Å². The molecule has 1 aliphatic rings. The second-order valence-corrected chi connectivity index (χ2v) is 9.84. The quantitative estimate of drug-likeness (QED) is 0.177. The summed E-state index contributed by atoms with van der Waals surface area (Å²) in [6.45, 7) is 1.65. The average Bonchev–Trinajstić information content (AvgIpc) is 3.35. The molecular formula is C29H23F3N2O3S. The van der Waals surface area contributed by atoms with E-state index in [1.165, 1.54) is 53.8 Å². The van der Waals surface area contributed by atoms with Gasteiger partial charge in [-0.3, -0.25) is 9.36 Å². The highest BCUT2D eigenvalue weighted by Crippen LogP contribution is 2.41. The molecule has 1 aliphatic heterocycles. The summed E-state index contributed by atoms with van der Waals surface area (Å²) in [5.41, 5.74) is 1.16. The fourth-order valence-corrected chi connectivity index (χ4v) is 6.27. The van der Waals surface area contributed by atoms with Gasteiger partial charge in [0.2, 0.25) is 0 Å². The molecule has 9 heteroatoms. The third kappa shape index (κ3) is 4.26. The van der Waals surface area contributed by atoms with Crippen molar-refractivity contribution in [1.82, 2.24) is 4.57 Å². The monoisotopic (exact) mass is 536 g/mol. The van der Waals surface area contributed by atoms with Gasteiger partial charge < -0.3 is 9.94 Å². The van der Waals surface area contributed by atoms with Crippen LogP contribution in [0.15, 0.2) is 81.7 Å². The van der Waals surface area contributed by atoms with Crippen LogP contribution < -0.4 is 10.3 Å². The minimum atomic E-state index is -0.722. The number of methoxy groups -OCH3 is 1. The Morgan fingerprint density at radius 3 is 2.37 bits per heavy atom. The molecule has 0 aliphatic carbocycles. The first-order chi connectivity index (χ1) is 18.4. The Labute approximate surface area is 221 Å². The van der Waals surface area contributed by atoms with E-state index in [-0.39, 0.29) is 34.6 Å². The highest BCUT2D eigenvalue weighted by Gasteiger charge is 2.35. The maximum Gasteiger partial charge on any atom is 0.260 e. The molecule has 1 aromatic heterocycles. The maximum absolute atomic E-state index is 15.5. The van der Waals surface area contributed by atoms with Gasteiger partial charge in [-0.15, -0.1) is 11.8 Å². The van der Waals surface area contributed by atoms with Crippen LogP contribution in [-0.4, -0.2) is 28.3 Å². The summed E-state index contributed by atoms with van der Waals surface area (Å²) in [5, 5.41) is 14.0. The second-order valence-electron chi connectivity index (χ2n) is 8.84. The molecule has 5 rings (SSSR count). The van der Waals surface area contributed by atoms with Crippen molar-refractivity contribution in [2.75, 3.05) is 12.9 Å². The molecule has 194 valence electrons. The van der Waals surface area contributed by atoms with Crippen LogP contribution in [-0.2, 0) is 6.42 Å². The average molecular weight is 537 g/mol. The van der Waals surface area contributed by atoms with E-state index in [1.54, 1.807) is 37.3 Å². The number of thioether (sulfide) groups is 1. The van der Waals surface area contributed by atoms with Crippen molar-refractivity contribution >= 4 is 17.5 Å². The number of ether oxygens (including phenoxy) is 1. The number of pyridine rings is 1. The molecule has 0 spiro atoms. The third-order valence-electron chi connectivity index (χ3n) is 6.79. The lowest BCUT2D eigenvalue weighted by atomic mass is 9.93. The Morgan fingerprint density at radius 2 is 1.71 bits per heavy atom. The molecule has 0 bridgehead atoms. The third-order valence-corrected chi connectivity index (χ3v) is 7.99. The number of fused-ring (bicyclic) bond motifs is 1. The van der Waals surface area contributed by atoms with Crippen LogP contribution in [0.2, 0.25) is 0 Å². The largest absolute Gasteiger partial charge is 0.494 e. The first-order valence-corrected chi connectivity index (χ1v) is 12.8. The number of oxime groups is 1. The van der Waals surface area contributed by atoms with Crippen molar-refractivity contribution in [3.8, 4) is 16.9 Å². The SMILES string of the molecule is COc1cccc(-c2c(C)c(Cc3c(F)cccc3F)c3n(c2=O)C(/C(=N/O)c2ccccc2)CS3)c1F. The summed E-state index contributed by atoms with van der Waals surface area (Å²) in [6.07, 6.45) is -0.158. The number of aromatic nitrogens is 1. The van der Waals surface area contributed by atoms with E-state index in [9.17, 15) is 18.8 Å². The topological polar surface area (TPSA) is 63.8 Å². The molecule has 5 nitrogen and oxygen atoms in total. The lowest BCUT2D eigenvalue weighted by Gasteiger charge is -2.21. The fraction of sp³-hybridized carbons (Fsp3) is 0.172. The molecule has 1 N–H and O–H groups in total. The fourth-order valence-electron chi connectivity index (χ4n) is 4.89. The molecule has 0 amide bonds. The molecule has 3 aromatic carbocycles. The molecule has 0 saturated carbocycles. The van der Waals surface area contributed by atoms with Crippen LogP contribution in [0.3, 0.4) is 0 Å². The molecule has 38 heavy (non-hydrogen) atoms. The zero-order valence-electron chi connectivity index (χ0n) is 20.5. The van der Waals surface area contributed by atoms with Crippen LogP contribution in [0.25, 0.3) is 11.1 Å². The van der Waals surface area contributed by atoms with Crippen LogP contribution in [0.1, 0.15) is 28.3 Å². The number of nitrogens with zero attached hydrogens (tertiary/aromatic N) is 2. The number of hydrogen-bond donors (Lipinski definition) is 1. The molecule has 0 radical (unpaired) electrons. The number of hydrogen-bond acceptors (Lipinski definition) is 5. The Balaban J connectivity index is 1.80. The predicted octanol–water partition coefficient (Wildman–Crippen LogP) is 6.37. The maximum atomic E-state index is 15.5. The number of rotatable bonds is 6. The van der Waals surface area contributed by atoms with E-state index in [2.05, 4.69) is 5.16 Å². The van der Waals surface area contributed by atoms with Gasteiger partial charge in [-0.1, -0.05) is 53.7 Å². The van der Waals surface area contributed by atoms with Crippen molar-refractivity contribution < 1.29 is 23.1 Å². The van der Waals surface area contributed by atoms with Crippen LogP contribution >= 0.6 is 11.8 Å². The minimum Gasteiger partial charge on any atom is -0.494 e. The van der Waals surface area contributed by atoms with E-state index < -0.39 is 29.1 Å². The van der Waals surface area contributed by atoms with Gasteiger partial charge in [0.25, 0.3) is 5.56 Å². The predicted molar refractivity (Wildman–Crippen MR) is 141 cm³/mol. The summed E-state index contributed by atoms with van der Waals surface area (Å²) in [5.74, 6) is -1.86. The number of benzene rings is 3. The lowest BCUT2D eigenvalue weighted by Crippen LogP contribution is -2.32. The highest BCUT2D eigenvalue weighted by atomic mass is 32.2. The molecule has 2 heterocycles. The molecule has 0 saturated heterocycles. The molecule has 1 unspecified atom stereocenters. The van der Waals surface area contributed by atoms with Gasteiger partial charge in [0.1, 0.15) is 17.3 Å². The molecule has 4 aromatic rings. The van der Waals surface area contributed by atoms with Crippen molar-refractivity contribution in [1.29, 1.82) is 0 Å².